The number of hydrogen-bond donors (Lipinski definition) is 3. The van der Waals surface area contributed by atoms with E-state index in [-0.39, 0.29) is 17.4 Å². The Hall–Kier alpha value is -2.34. The number of phenolic OH excluding ortho intramolecular Hbond substituents is 2. The number of halogens is 1. The number of phenols is 2. The van der Waals surface area contributed by atoms with Gasteiger partial charge in [0.15, 0.2) is 0 Å². The summed E-state index contributed by atoms with van der Waals surface area (Å²) in [4.78, 5) is 12.0. The van der Waals surface area contributed by atoms with Gasteiger partial charge in [-0.25, -0.2) is 5.43 Å². The molecule has 0 fully saturated rings. The van der Waals surface area contributed by atoms with Crippen LogP contribution in [-0.4, -0.2) is 21.8 Å². The average Bonchev–Trinajstić information content (AvgIpc) is 2.47. The SMILES string of the molecule is C/C(=N\NC(=O)c1ccc(C)c(Br)c1)c1ccc(O)cc1O. The maximum Gasteiger partial charge on any atom is 0.271 e. The number of nitrogens with zero attached hydrogens (tertiary/aromatic N) is 1. The molecule has 2 rings (SSSR count). The first kappa shape index (κ1) is 16.0. The van der Waals surface area contributed by atoms with E-state index in [1.165, 1.54) is 18.2 Å². The number of carbonyl (C=O) groups is 1. The van der Waals surface area contributed by atoms with Crippen LogP contribution in [0.3, 0.4) is 0 Å². The van der Waals surface area contributed by atoms with E-state index in [0.29, 0.717) is 16.8 Å². The molecule has 6 heteroatoms. The molecule has 2 aromatic carbocycles. The third kappa shape index (κ3) is 3.65. The lowest BCUT2D eigenvalue weighted by Crippen LogP contribution is -2.19. The molecule has 0 atom stereocenters. The molecule has 0 spiro atoms. The second-order valence-corrected chi connectivity index (χ2v) is 5.66. The molecule has 0 saturated carbocycles. The lowest BCUT2D eigenvalue weighted by atomic mass is 10.1. The van der Waals surface area contributed by atoms with Crippen molar-refractivity contribution < 1.29 is 15.0 Å². The molecule has 0 aromatic heterocycles. The maximum absolute atomic E-state index is 12.0. The van der Waals surface area contributed by atoms with Crippen molar-refractivity contribution in [2.75, 3.05) is 0 Å². The van der Waals surface area contributed by atoms with Crippen LogP contribution in [0.5, 0.6) is 11.5 Å². The Morgan fingerprint density at radius 3 is 2.55 bits per heavy atom. The Morgan fingerprint density at radius 1 is 1.18 bits per heavy atom. The molecule has 0 aliphatic rings. The fraction of sp³-hybridized carbons (Fsp3) is 0.125. The molecular formula is C16H15BrN2O3. The van der Waals surface area contributed by atoms with Crippen LogP contribution in [-0.2, 0) is 0 Å². The molecule has 2 aromatic rings. The van der Waals surface area contributed by atoms with Gasteiger partial charge < -0.3 is 10.2 Å². The van der Waals surface area contributed by atoms with E-state index in [0.717, 1.165) is 10.0 Å². The number of benzene rings is 2. The predicted octanol–water partition coefficient (Wildman–Crippen LogP) is 3.32. The van der Waals surface area contributed by atoms with Gasteiger partial charge in [0.25, 0.3) is 5.91 Å². The molecule has 0 aliphatic heterocycles. The second-order valence-electron chi connectivity index (χ2n) is 4.80. The van der Waals surface area contributed by atoms with Crippen LogP contribution in [0.15, 0.2) is 46.0 Å². The highest BCUT2D eigenvalue weighted by atomic mass is 79.9. The maximum atomic E-state index is 12.0. The topological polar surface area (TPSA) is 81.9 Å². The fourth-order valence-corrected chi connectivity index (χ4v) is 2.20. The molecule has 0 radical (unpaired) electrons. The highest BCUT2D eigenvalue weighted by Gasteiger charge is 2.09. The summed E-state index contributed by atoms with van der Waals surface area (Å²) >= 11 is 3.37. The average molecular weight is 363 g/mol. The summed E-state index contributed by atoms with van der Waals surface area (Å²) < 4.78 is 0.844. The van der Waals surface area contributed by atoms with Gasteiger partial charge in [0.2, 0.25) is 0 Å². The number of amides is 1. The van der Waals surface area contributed by atoms with Crippen molar-refractivity contribution in [2.45, 2.75) is 13.8 Å². The smallest absolute Gasteiger partial charge is 0.271 e. The van der Waals surface area contributed by atoms with E-state index in [1.54, 1.807) is 19.1 Å². The van der Waals surface area contributed by atoms with Crippen LogP contribution >= 0.6 is 15.9 Å². The zero-order valence-corrected chi connectivity index (χ0v) is 13.7. The van der Waals surface area contributed by atoms with Gasteiger partial charge in [-0.05, 0) is 43.7 Å². The summed E-state index contributed by atoms with van der Waals surface area (Å²) in [6.45, 7) is 3.58. The summed E-state index contributed by atoms with van der Waals surface area (Å²) in [7, 11) is 0. The van der Waals surface area contributed by atoms with Crippen molar-refractivity contribution in [2.24, 2.45) is 5.10 Å². The highest BCUT2D eigenvalue weighted by molar-refractivity contribution is 9.10. The van der Waals surface area contributed by atoms with Gasteiger partial charge in [-0.15, -0.1) is 0 Å². The Labute approximate surface area is 136 Å². The van der Waals surface area contributed by atoms with Gasteiger partial charge >= 0.3 is 0 Å². The van der Waals surface area contributed by atoms with Gasteiger partial charge in [0.05, 0.1) is 5.71 Å². The zero-order chi connectivity index (χ0) is 16.3. The van der Waals surface area contributed by atoms with Crippen LogP contribution in [0.1, 0.15) is 28.4 Å². The lowest BCUT2D eigenvalue weighted by Gasteiger charge is -2.06. The summed E-state index contributed by atoms with van der Waals surface area (Å²) in [6.07, 6.45) is 0. The first-order chi connectivity index (χ1) is 10.4. The van der Waals surface area contributed by atoms with Crippen molar-refractivity contribution in [1.82, 2.24) is 5.43 Å². The minimum absolute atomic E-state index is 0.0393. The van der Waals surface area contributed by atoms with Gasteiger partial charge in [0, 0.05) is 21.7 Å². The number of hydrazone groups is 1. The summed E-state index contributed by atoms with van der Waals surface area (Å²) in [6, 6.07) is 9.44. The van der Waals surface area contributed by atoms with Crippen LogP contribution < -0.4 is 5.43 Å². The summed E-state index contributed by atoms with van der Waals surface area (Å²) in [5, 5.41) is 23.0. The molecule has 0 heterocycles. The molecule has 0 saturated heterocycles. The fourth-order valence-electron chi connectivity index (χ4n) is 1.82. The Balaban J connectivity index is 2.16. The van der Waals surface area contributed by atoms with Crippen molar-refractivity contribution in [3.05, 3.63) is 57.6 Å². The van der Waals surface area contributed by atoms with Crippen molar-refractivity contribution in [3.8, 4) is 11.5 Å². The molecule has 0 unspecified atom stereocenters. The number of nitrogens with one attached hydrogen (secondary N) is 1. The van der Waals surface area contributed by atoms with Gasteiger partial charge in [-0.3, -0.25) is 4.79 Å². The van der Waals surface area contributed by atoms with E-state index in [2.05, 4.69) is 26.5 Å². The minimum atomic E-state index is -0.349. The second kappa shape index (κ2) is 6.62. The molecule has 1 amide bonds. The van der Waals surface area contributed by atoms with Crippen LogP contribution in [0.2, 0.25) is 0 Å². The van der Waals surface area contributed by atoms with E-state index >= 15 is 0 Å². The van der Waals surface area contributed by atoms with E-state index in [9.17, 15) is 15.0 Å². The normalized spacial score (nSPS) is 11.3. The molecule has 0 aliphatic carbocycles. The summed E-state index contributed by atoms with van der Waals surface area (Å²) in [5.74, 6) is -0.491. The largest absolute Gasteiger partial charge is 0.508 e. The number of hydrogen-bond acceptors (Lipinski definition) is 4. The highest BCUT2D eigenvalue weighted by Crippen LogP contribution is 2.23. The first-order valence-electron chi connectivity index (χ1n) is 6.51. The van der Waals surface area contributed by atoms with Crippen molar-refractivity contribution >= 4 is 27.5 Å². The lowest BCUT2D eigenvalue weighted by molar-refractivity contribution is 0.0954. The predicted molar refractivity (Wildman–Crippen MR) is 88.3 cm³/mol. The van der Waals surface area contributed by atoms with E-state index in [1.807, 2.05) is 13.0 Å². The Kier molecular flexibility index (Phi) is 4.82. The van der Waals surface area contributed by atoms with Gasteiger partial charge in [-0.1, -0.05) is 22.0 Å². The molecule has 114 valence electrons. The number of aromatic hydroxyl groups is 2. The van der Waals surface area contributed by atoms with Gasteiger partial charge in [-0.2, -0.15) is 5.10 Å². The minimum Gasteiger partial charge on any atom is -0.508 e. The van der Waals surface area contributed by atoms with Crippen molar-refractivity contribution in [1.29, 1.82) is 0 Å². The number of rotatable bonds is 3. The summed E-state index contributed by atoms with van der Waals surface area (Å²) in [5.41, 5.74) is 4.81. The quantitative estimate of drug-likeness (QED) is 0.578. The third-order valence-electron chi connectivity index (χ3n) is 3.13. The molecule has 3 N–H and O–H groups in total. The number of aryl methyl sites for hydroxylation is 1. The van der Waals surface area contributed by atoms with Crippen LogP contribution in [0.4, 0.5) is 0 Å². The third-order valence-corrected chi connectivity index (χ3v) is 3.98. The Morgan fingerprint density at radius 2 is 1.91 bits per heavy atom. The molecule has 5 nitrogen and oxygen atoms in total. The molecule has 0 bridgehead atoms. The van der Waals surface area contributed by atoms with Gasteiger partial charge in [0.1, 0.15) is 11.5 Å². The van der Waals surface area contributed by atoms with E-state index in [4.69, 9.17) is 0 Å². The van der Waals surface area contributed by atoms with Crippen LogP contribution in [0.25, 0.3) is 0 Å². The molecular weight excluding hydrogens is 348 g/mol. The monoisotopic (exact) mass is 362 g/mol. The van der Waals surface area contributed by atoms with Crippen LogP contribution in [0, 0.1) is 6.92 Å². The zero-order valence-electron chi connectivity index (χ0n) is 12.1. The standard InChI is InChI=1S/C16H15BrN2O3/c1-9-3-4-11(7-14(9)17)16(22)19-18-10(2)13-6-5-12(20)8-15(13)21/h3-8,20-21H,1-2H3,(H,19,22)/b18-10+. The van der Waals surface area contributed by atoms with Crippen molar-refractivity contribution in [3.63, 3.8) is 0 Å². The number of carbonyl (C=O) groups excluding carboxylic acids is 1. The first-order valence-corrected chi connectivity index (χ1v) is 7.31. The Bertz CT molecular complexity index is 757. The molecule has 22 heavy (non-hydrogen) atoms. The van der Waals surface area contributed by atoms with E-state index < -0.39 is 0 Å².